The third-order valence-electron chi connectivity index (χ3n) is 4.22. The zero-order valence-corrected chi connectivity index (χ0v) is 16.0. The summed E-state index contributed by atoms with van der Waals surface area (Å²) in [5, 5.41) is 5.70. The molecule has 5 nitrogen and oxygen atoms in total. The highest BCUT2D eigenvalue weighted by molar-refractivity contribution is 7.18. The molecule has 0 saturated carbocycles. The average molecular weight is 379 g/mol. The zero-order chi connectivity index (χ0) is 17.8. The lowest BCUT2D eigenvalue weighted by Gasteiger charge is -2.22. The molecular weight excluding hydrogens is 356 g/mol. The lowest BCUT2D eigenvalue weighted by molar-refractivity contribution is -0.117. The summed E-state index contributed by atoms with van der Waals surface area (Å²) < 4.78 is 5.04. The smallest absolute Gasteiger partial charge is 0.348 e. The molecule has 1 atom stereocenters. The van der Waals surface area contributed by atoms with E-state index in [0.29, 0.717) is 29.1 Å². The van der Waals surface area contributed by atoms with E-state index >= 15 is 0 Å². The van der Waals surface area contributed by atoms with E-state index in [-0.39, 0.29) is 11.9 Å². The van der Waals surface area contributed by atoms with Crippen molar-refractivity contribution in [3.8, 4) is 0 Å². The van der Waals surface area contributed by atoms with Crippen molar-refractivity contribution in [3.05, 3.63) is 38.9 Å². The fourth-order valence-electron chi connectivity index (χ4n) is 3.12. The number of nitrogens with one attached hydrogen (secondary N) is 1. The molecule has 134 valence electrons. The Bertz CT molecular complexity index is 740. The minimum Gasteiger partial charge on any atom is -0.462 e. The number of ether oxygens (including phenoxy) is 1. The van der Waals surface area contributed by atoms with Crippen LogP contribution in [0.5, 0.6) is 0 Å². The topological polar surface area (TPSA) is 58.6 Å². The van der Waals surface area contributed by atoms with Gasteiger partial charge in [-0.1, -0.05) is 6.07 Å². The van der Waals surface area contributed by atoms with Gasteiger partial charge in [0.05, 0.1) is 18.2 Å². The lowest BCUT2D eigenvalue weighted by atomic mass is 10.2. The van der Waals surface area contributed by atoms with E-state index in [4.69, 9.17) is 4.74 Å². The summed E-state index contributed by atoms with van der Waals surface area (Å²) in [7, 11) is 0. The molecule has 1 aliphatic heterocycles. The van der Waals surface area contributed by atoms with Crippen molar-refractivity contribution in [2.24, 2.45) is 0 Å². The van der Waals surface area contributed by atoms with Gasteiger partial charge in [-0.3, -0.25) is 9.69 Å². The largest absolute Gasteiger partial charge is 0.462 e. The van der Waals surface area contributed by atoms with E-state index in [1.807, 2.05) is 13.0 Å². The molecule has 2 aromatic heterocycles. The molecule has 1 saturated heterocycles. The highest BCUT2D eigenvalue weighted by Crippen LogP contribution is 2.34. The van der Waals surface area contributed by atoms with Gasteiger partial charge in [0.15, 0.2) is 0 Å². The van der Waals surface area contributed by atoms with Gasteiger partial charge in [0, 0.05) is 10.9 Å². The molecule has 1 aliphatic rings. The number of likely N-dealkylation sites (tertiary alicyclic amines) is 1. The van der Waals surface area contributed by atoms with Crippen LogP contribution in [-0.4, -0.2) is 36.5 Å². The van der Waals surface area contributed by atoms with Crippen molar-refractivity contribution in [1.82, 2.24) is 4.90 Å². The summed E-state index contributed by atoms with van der Waals surface area (Å²) in [6.07, 6.45) is 2.21. The number of anilines is 1. The first-order valence-electron chi connectivity index (χ1n) is 8.43. The third kappa shape index (κ3) is 4.29. The Morgan fingerprint density at radius 3 is 3.00 bits per heavy atom. The van der Waals surface area contributed by atoms with Crippen LogP contribution in [0.2, 0.25) is 0 Å². The standard InChI is InChI=1S/C18H22N2O3S2/c1-3-23-18(22)17-12(2)10-16(25-17)19-15(21)11-20-8-4-6-13(20)14-7-5-9-24-14/h5,7,9-10,13H,3-4,6,8,11H2,1-2H3,(H,19,21)/t13-/m1/s1. The summed E-state index contributed by atoms with van der Waals surface area (Å²) in [5.41, 5.74) is 0.830. The minimum atomic E-state index is -0.331. The fraction of sp³-hybridized carbons (Fsp3) is 0.444. The van der Waals surface area contributed by atoms with Crippen LogP contribution < -0.4 is 5.32 Å². The number of carbonyl (C=O) groups is 2. The molecule has 0 aliphatic carbocycles. The van der Waals surface area contributed by atoms with E-state index in [0.717, 1.165) is 24.9 Å². The maximum atomic E-state index is 12.4. The molecule has 1 amide bonds. The van der Waals surface area contributed by atoms with Gasteiger partial charge < -0.3 is 10.1 Å². The number of esters is 1. The van der Waals surface area contributed by atoms with Crippen molar-refractivity contribution in [1.29, 1.82) is 0 Å². The molecule has 0 bridgehead atoms. The van der Waals surface area contributed by atoms with E-state index in [2.05, 4.69) is 27.7 Å². The Labute approximate surface area is 155 Å². The Morgan fingerprint density at radius 1 is 1.44 bits per heavy atom. The van der Waals surface area contributed by atoms with E-state index in [1.165, 1.54) is 16.2 Å². The SMILES string of the molecule is CCOC(=O)c1sc(NC(=O)CN2CCC[C@@H]2c2cccs2)cc1C. The van der Waals surface area contributed by atoms with Gasteiger partial charge in [0.25, 0.3) is 0 Å². The highest BCUT2D eigenvalue weighted by Gasteiger charge is 2.28. The Morgan fingerprint density at radius 2 is 2.28 bits per heavy atom. The monoisotopic (exact) mass is 378 g/mol. The molecule has 0 spiro atoms. The minimum absolute atomic E-state index is 0.0416. The first-order valence-corrected chi connectivity index (χ1v) is 10.1. The van der Waals surface area contributed by atoms with Crippen molar-refractivity contribution in [2.45, 2.75) is 32.7 Å². The van der Waals surface area contributed by atoms with E-state index < -0.39 is 0 Å². The number of thiophene rings is 2. The summed E-state index contributed by atoms with van der Waals surface area (Å²) in [4.78, 5) is 28.4. The van der Waals surface area contributed by atoms with E-state index in [1.54, 1.807) is 18.3 Å². The van der Waals surface area contributed by atoms with Crippen LogP contribution in [0.4, 0.5) is 5.00 Å². The summed E-state index contributed by atoms with van der Waals surface area (Å²) in [5.74, 6) is -0.372. The predicted octanol–water partition coefficient (Wildman–Crippen LogP) is 4.07. The molecule has 0 unspecified atom stereocenters. The van der Waals surface area contributed by atoms with Crippen molar-refractivity contribution in [3.63, 3.8) is 0 Å². The Hall–Kier alpha value is -1.70. The van der Waals surface area contributed by atoms with Crippen LogP contribution in [-0.2, 0) is 9.53 Å². The summed E-state index contributed by atoms with van der Waals surface area (Å²) in [6.45, 7) is 5.29. The number of hydrogen-bond acceptors (Lipinski definition) is 6. The van der Waals surface area contributed by atoms with Crippen molar-refractivity contribution >= 4 is 39.6 Å². The second-order valence-corrected chi connectivity index (χ2v) is 8.07. The first-order chi connectivity index (χ1) is 12.1. The molecule has 0 aromatic carbocycles. The Kier molecular flexibility index (Phi) is 5.88. The quantitative estimate of drug-likeness (QED) is 0.770. The van der Waals surface area contributed by atoms with Crippen LogP contribution in [0.15, 0.2) is 23.6 Å². The van der Waals surface area contributed by atoms with Crippen molar-refractivity contribution < 1.29 is 14.3 Å². The average Bonchev–Trinajstić information content (AvgIpc) is 3.28. The molecule has 2 aromatic rings. The molecule has 7 heteroatoms. The number of amides is 1. The van der Waals surface area contributed by atoms with Gasteiger partial charge in [-0.25, -0.2) is 4.79 Å². The van der Waals surface area contributed by atoms with Crippen LogP contribution in [0, 0.1) is 6.92 Å². The second-order valence-electron chi connectivity index (χ2n) is 6.04. The number of rotatable bonds is 6. The van der Waals surface area contributed by atoms with Crippen LogP contribution >= 0.6 is 22.7 Å². The van der Waals surface area contributed by atoms with Gasteiger partial charge in [0.1, 0.15) is 4.88 Å². The second kappa shape index (κ2) is 8.12. The predicted molar refractivity (Wildman–Crippen MR) is 102 cm³/mol. The fourth-order valence-corrected chi connectivity index (χ4v) is 5.00. The first kappa shape index (κ1) is 18.1. The molecular formula is C18H22N2O3S2. The van der Waals surface area contributed by atoms with Crippen LogP contribution in [0.3, 0.4) is 0 Å². The van der Waals surface area contributed by atoms with Gasteiger partial charge in [-0.05, 0) is 56.3 Å². The van der Waals surface area contributed by atoms with Gasteiger partial charge >= 0.3 is 5.97 Å². The molecule has 1 fully saturated rings. The molecule has 1 N–H and O–H groups in total. The lowest BCUT2D eigenvalue weighted by Crippen LogP contribution is -2.32. The third-order valence-corrected chi connectivity index (χ3v) is 6.33. The zero-order valence-electron chi connectivity index (χ0n) is 14.4. The van der Waals surface area contributed by atoms with Gasteiger partial charge in [0.2, 0.25) is 5.91 Å². The molecule has 25 heavy (non-hydrogen) atoms. The maximum absolute atomic E-state index is 12.4. The van der Waals surface area contributed by atoms with Gasteiger partial charge in [-0.2, -0.15) is 0 Å². The summed E-state index contributed by atoms with van der Waals surface area (Å²) >= 11 is 3.01. The van der Waals surface area contributed by atoms with Crippen LogP contribution in [0.25, 0.3) is 0 Å². The van der Waals surface area contributed by atoms with Crippen molar-refractivity contribution in [2.75, 3.05) is 25.0 Å². The Balaban J connectivity index is 1.61. The highest BCUT2D eigenvalue weighted by atomic mass is 32.1. The van der Waals surface area contributed by atoms with Gasteiger partial charge in [-0.15, -0.1) is 22.7 Å². The molecule has 0 radical (unpaired) electrons. The number of nitrogens with zero attached hydrogens (tertiary/aromatic N) is 1. The molecule has 3 heterocycles. The molecule has 3 rings (SSSR count). The number of hydrogen-bond donors (Lipinski definition) is 1. The van der Waals surface area contributed by atoms with Crippen LogP contribution in [0.1, 0.15) is 45.9 Å². The normalized spacial score (nSPS) is 17.6. The number of aryl methyl sites for hydroxylation is 1. The maximum Gasteiger partial charge on any atom is 0.348 e. The van der Waals surface area contributed by atoms with E-state index in [9.17, 15) is 9.59 Å². The number of carbonyl (C=O) groups excluding carboxylic acids is 2. The summed E-state index contributed by atoms with van der Waals surface area (Å²) in [6, 6.07) is 6.36.